The summed E-state index contributed by atoms with van der Waals surface area (Å²) >= 11 is 0. The largest absolute Gasteiger partial charge is 0.367 e. The van der Waals surface area contributed by atoms with Gasteiger partial charge in [-0.2, -0.15) is 0 Å². The molecule has 146 valence electrons. The van der Waals surface area contributed by atoms with Crippen molar-refractivity contribution in [1.29, 1.82) is 0 Å². The minimum absolute atomic E-state index is 0.324. The number of hydrogen-bond acceptors (Lipinski definition) is 7. The number of carbonyl (C=O) groups is 1. The molecule has 9 heteroatoms. The lowest BCUT2D eigenvalue weighted by Crippen LogP contribution is -2.49. The Kier molecular flexibility index (Phi) is 4.91. The van der Waals surface area contributed by atoms with Gasteiger partial charge in [0, 0.05) is 30.9 Å². The predicted molar refractivity (Wildman–Crippen MR) is 104 cm³/mol. The number of morpholine rings is 1. The summed E-state index contributed by atoms with van der Waals surface area (Å²) in [4.78, 5) is 31.3. The van der Waals surface area contributed by atoms with Crippen LogP contribution >= 0.6 is 0 Å². The molecule has 0 radical (unpaired) electrons. The van der Waals surface area contributed by atoms with Crippen LogP contribution in [0.15, 0.2) is 30.9 Å². The van der Waals surface area contributed by atoms with Gasteiger partial charge in [0.2, 0.25) is 11.9 Å². The van der Waals surface area contributed by atoms with Crippen LogP contribution in [0.25, 0.3) is 11.0 Å². The van der Waals surface area contributed by atoms with E-state index in [1.54, 1.807) is 12.4 Å². The molecule has 4 rings (SSSR count). The minimum Gasteiger partial charge on any atom is -0.367 e. The van der Waals surface area contributed by atoms with Crippen molar-refractivity contribution in [3.8, 4) is 0 Å². The smallest absolute Gasteiger partial charge is 0.248 e. The fraction of sp³-hybridized carbons (Fsp3) is 0.421. The fourth-order valence-corrected chi connectivity index (χ4v) is 3.30. The molecule has 0 bridgehead atoms. The van der Waals surface area contributed by atoms with Gasteiger partial charge in [-0.25, -0.2) is 15.0 Å². The lowest BCUT2D eigenvalue weighted by molar-refractivity contribution is -0.130. The highest BCUT2D eigenvalue weighted by atomic mass is 16.5. The molecule has 28 heavy (non-hydrogen) atoms. The molecule has 1 atom stereocenters. The zero-order chi connectivity index (χ0) is 19.7. The number of nitrogens with zero attached hydrogens (tertiary/aromatic N) is 6. The molecular formula is C19H23N7O2. The molecular weight excluding hydrogens is 358 g/mol. The number of imidazole rings is 1. The van der Waals surface area contributed by atoms with Crippen LogP contribution in [-0.4, -0.2) is 56.2 Å². The summed E-state index contributed by atoms with van der Waals surface area (Å²) in [6.07, 6.45) is 5.31. The molecule has 1 fully saturated rings. The molecule has 3 aromatic rings. The lowest BCUT2D eigenvalue weighted by Gasteiger charge is -2.31. The van der Waals surface area contributed by atoms with Gasteiger partial charge in [-0.15, -0.1) is 0 Å². The summed E-state index contributed by atoms with van der Waals surface area (Å²) in [6, 6.07) is 4.26. The second-order valence-corrected chi connectivity index (χ2v) is 7.14. The summed E-state index contributed by atoms with van der Waals surface area (Å²) < 4.78 is 7.52. The van der Waals surface area contributed by atoms with Crippen molar-refractivity contribution in [3.05, 3.63) is 42.2 Å². The summed E-state index contributed by atoms with van der Waals surface area (Å²) in [5.41, 5.74) is 9.08. The molecule has 4 heterocycles. The Balaban J connectivity index is 1.56. The Morgan fingerprint density at radius 2 is 2.18 bits per heavy atom. The van der Waals surface area contributed by atoms with Crippen molar-refractivity contribution in [3.63, 3.8) is 0 Å². The summed E-state index contributed by atoms with van der Waals surface area (Å²) in [6.45, 7) is 5.64. The number of hydrogen-bond donors (Lipinski definition) is 1. The maximum absolute atomic E-state index is 11.4. The van der Waals surface area contributed by atoms with Gasteiger partial charge in [0.15, 0.2) is 6.10 Å². The van der Waals surface area contributed by atoms with Crippen molar-refractivity contribution < 1.29 is 9.53 Å². The number of aromatic nitrogens is 5. The molecule has 0 spiro atoms. The Bertz CT molecular complexity index is 1000. The first-order valence-electron chi connectivity index (χ1n) is 9.30. The maximum atomic E-state index is 11.4. The third-order valence-electron chi connectivity index (χ3n) is 4.80. The van der Waals surface area contributed by atoms with E-state index in [4.69, 9.17) is 10.5 Å². The van der Waals surface area contributed by atoms with Gasteiger partial charge in [-0.3, -0.25) is 9.78 Å². The Morgan fingerprint density at radius 1 is 1.32 bits per heavy atom. The van der Waals surface area contributed by atoms with Crippen LogP contribution in [0.2, 0.25) is 0 Å². The van der Waals surface area contributed by atoms with Gasteiger partial charge >= 0.3 is 0 Å². The first-order valence-corrected chi connectivity index (χ1v) is 9.30. The number of nitrogens with two attached hydrogens (primary N) is 1. The van der Waals surface area contributed by atoms with Crippen LogP contribution < -0.4 is 10.6 Å². The van der Waals surface area contributed by atoms with E-state index in [-0.39, 0.29) is 0 Å². The molecule has 3 aromatic heterocycles. The summed E-state index contributed by atoms with van der Waals surface area (Å²) in [7, 11) is 0. The van der Waals surface area contributed by atoms with E-state index in [1.165, 1.54) is 0 Å². The third kappa shape index (κ3) is 3.65. The van der Waals surface area contributed by atoms with Crippen molar-refractivity contribution in [2.45, 2.75) is 32.4 Å². The molecule has 9 nitrogen and oxygen atoms in total. The molecule has 1 amide bonds. The molecule has 0 aliphatic carbocycles. The van der Waals surface area contributed by atoms with E-state index in [0.717, 1.165) is 22.4 Å². The second-order valence-electron chi connectivity index (χ2n) is 7.14. The van der Waals surface area contributed by atoms with Crippen LogP contribution in [-0.2, 0) is 16.0 Å². The van der Waals surface area contributed by atoms with Gasteiger partial charge in [-0.1, -0.05) is 0 Å². The van der Waals surface area contributed by atoms with E-state index in [1.807, 2.05) is 17.3 Å². The number of ether oxygens (including phenoxy) is 1. The zero-order valence-corrected chi connectivity index (χ0v) is 15.9. The standard InChI is InChI=1S/C19H23N7O2/c1-12(2)26-11-23-15-9-22-14(8-16(15)26)7-13-3-4-21-19(24-13)25-5-6-28-17(10-25)18(20)27/h3-4,8-9,11-12,17H,5-7,10H2,1-2H3,(H2,20,27). The Hall–Kier alpha value is -3.07. The van der Waals surface area contributed by atoms with Crippen molar-refractivity contribution in [2.24, 2.45) is 5.73 Å². The van der Waals surface area contributed by atoms with Crippen molar-refractivity contribution >= 4 is 22.9 Å². The maximum Gasteiger partial charge on any atom is 0.248 e. The number of primary amides is 1. The van der Waals surface area contributed by atoms with E-state index >= 15 is 0 Å². The van der Waals surface area contributed by atoms with Gasteiger partial charge in [-0.05, 0) is 26.0 Å². The van der Waals surface area contributed by atoms with Crippen molar-refractivity contribution in [1.82, 2.24) is 24.5 Å². The van der Waals surface area contributed by atoms with Crippen LogP contribution in [0, 0.1) is 0 Å². The van der Waals surface area contributed by atoms with Gasteiger partial charge < -0.3 is 19.9 Å². The fourth-order valence-electron chi connectivity index (χ4n) is 3.30. The van der Waals surface area contributed by atoms with Gasteiger partial charge in [0.1, 0.15) is 5.52 Å². The van der Waals surface area contributed by atoms with Crippen LogP contribution in [0.5, 0.6) is 0 Å². The quantitative estimate of drug-likeness (QED) is 0.704. The van der Waals surface area contributed by atoms with E-state index in [0.29, 0.717) is 38.1 Å². The van der Waals surface area contributed by atoms with E-state index in [2.05, 4.69) is 44.4 Å². The number of anilines is 1. The molecule has 0 aromatic carbocycles. The third-order valence-corrected chi connectivity index (χ3v) is 4.80. The normalized spacial score (nSPS) is 17.4. The highest BCUT2D eigenvalue weighted by molar-refractivity contribution is 5.79. The lowest BCUT2D eigenvalue weighted by atomic mass is 10.2. The number of fused-ring (bicyclic) bond motifs is 1. The molecule has 2 N–H and O–H groups in total. The SMILES string of the molecule is CC(C)n1cnc2cnc(Cc3ccnc(N4CCOC(C(N)=O)C4)n3)cc21. The van der Waals surface area contributed by atoms with Crippen molar-refractivity contribution in [2.75, 3.05) is 24.6 Å². The summed E-state index contributed by atoms with van der Waals surface area (Å²) in [5.74, 6) is 0.0977. The Labute approximate surface area is 162 Å². The average Bonchev–Trinajstić information content (AvgIpc) is 3.12. The monoisotopic (exact) mass is 381 g/mol. The number of carbonyl (C=O) groups excluding carboxylic acids is 1. The number of rotatable bonds is 5. The highest BCUT2D eigenvalue weighted by Crippen LogP contribution is 2.19. The first kappa shape index (κ1) is 18.3. The Morgan fingerprint density at radius 3 is 2.96 bits per heavy atom. The zero-order valence-electron chi connectivity index (χ0n) is 15.9. The topological polar surface area (TPSA) is 112 Å². The van der Waals surface area contributed by atoms with E-state index in [9.17, 15) is 4.79 Å². The molecule has 1 unspecified atom stereocenters. The molecule has 1 aliphatic heterocycles. The van der Waals surface area contributed by atoms with Gasteiger partial charge in [0.25, 0.3) is 0 Å². The summed E-state index contributed by atoms with van der Waals surface area (Å²) in [5, 5.41) is 0. The van der Waals surface area contributed by atoms with E-state index < -0.39 is 12.0 Å². The average molecular weight is 381 g/mol. The van der Waals surface area contributed by atoms with Crippen LogP contribution in [0.1, 0.15) is 31.3 Å². The predicted octanol–water partition coefficient (Wildman–Crippen LogP) is 1.08. The van der Waals surface area contributed by atoms with Crippen LogP contribution in [0.4, 0.5) is 5.95 Å². The van der Waals surface area contributed by atoms with Gasteiger partial charge in [0.05, 0.1) is 36.9 Å². The molecule has 1 saturated heterocycles. The number of amides is 1. The number of pyridine rings is 1. The second kappa shape index (κ2) is 7.51. The first-order chi connectivity index (χ1) is 13.5. The molecule has 1 aliphatic rings. The highest BCUT2D eigenvalue weighted by Gasteiger charge is 2.26. The van der Waals surface area contributed by atoms with Crippen LogP contribution in [0.3, 0.4) is 0 Å². The molecule has 0 saturated carbocycles. The minimum atomic E-state index is -0.638.